The van der Waals surface area contributed by atoms with Crippen LogP contribution < -0.4 is 10.5 Å². The molecule has 132 valence electrons. The maximum absolute atomic E-state index is 12.2. The van der Waals surface area contributed by atoms with E-state index < -0.39 is 5.91 Å². The zero-order valence-electron chi connectivity index (χ0n) is 13.9. The van der Waals surface area contributed by atoms with Crippen LogP contribution in [0.25, 0.3) is 10.8 Å². The van der Waals surface area contributed by atoms with E-state index in [4.69, 9.17) is 10.5 Å². The summed E-state index contributed by atoms with van der Waals surface area (Å²) in [7, 11) is 0. The zero-order valence-corrected chi connectivity index (χ0v) is 13.9. The third kappa shape index (κ3) is 3.08. The van der Waals surface area contributed by atoms with Crippen LogP contribution in [0.1, 0.15) is 16.5 Å². The molecule has 2 N–H and O–H groups in total. The molecule has 2 heterocycles. The van der Waals surface area contributed by atoms with Crippen molar-refractivity contribution in [2.45, 2.75) is 6.04 Å². The van der Waals surface area contributed by atoms with E-state index in [2.05, 4.69) is 10.3 Å². The molecule has 0 bridgehead atoms. The number of likely N-dealkylation sites (tertiary alicyclic amines) is 1. The number of amides is 2. The fraction of sp³-hybridized carbons (Fsp3) is 0.222. The normalized spacial score (nSPS) is 14.2. The number of rotatable bonds is 5. The Bertz CT molecular complexity index is 978. The molecule has 0 spiro atoms. The van der Waals surface area contributed by atoms with Crippen molar-refractivity contribution in [3.05, 3.63) is 54.4 Å². The van der Waals surface area contributed by atoms with Gasteiger partial charge in [0.05, 0.1) is 12.2 Å². The summed E-state index contributed by atoms with van der Waals surface area (Å²) in [4.78, 5) is 25.0. The first kappa shape index (κ1) is 16.1. The molecule has 8 heteroatoms. The quantitative estimate of drug-likeness (QED) is 0.738. The first-order valence-electron chi connectivity index (χ1n) is 8.21. The number of hydrogen-bond acceptors (Lipinski definition) is 5. The molecule has 4 rings (SSSR count). The van der Waals surface area contributed by atoms with Gasteiger partial charge in [-0.05, 0) is 22.9 Å². The van der Waals surface area contributed by atoms with Crippen LogP contribution in [0.5, 0.6) is 5.75 Å². The first-order chi connectivity index (χ1) is 12.6. The standard InChI is InChI=1S/C18H17N5O3/c19-18(25)16-10-23(21-20-16)14-8-22(9-14)17(24)11-26-15-6-5-12-3-1-2-4-13(12)7-15/h1-7,10,14H,8-9,11H2,(H2,19,25). The lowest BCUT2D eigenvalue weighted by Crippen LogP contribution is -2.52. The van der Waals surface area contributed by atoms with Crippen molar-refractivity contribution < 1.29 is 14.3 Å². The van der Waals surface area contributed by atoms with Crippen LogP contribution >= 0.6 is 0 Å². The van der Waals surface area contributed by atoms with Gasteiger partial charge in [0.15, 0.2) is 12.3 Å². The lowest BCUT2D eigenvalue weighted by molar-refractivity contribution is -0.139. The van der Waals surface area contributed by atoms with Crippen LogP contribution in [0.15, 0.2) is 48.7 Å². The summed E-state index contributed by atoms with van der Waals surface area (Å²) in [5, 5.41) is 9.76. The molecule has 1 aliphatic heterocycles. The molecule has 2 amide bonds. The average molecular weight is 351 g/mol. The second-order valence-electron chi connectivity index (χ2n) is 6.20. The van der Waals surface area contributed by atoms with Gasteiger partial charge in [0.2, 0.25) is 0 Å². The number of benzene rings is 2. The summed E-state index contributed by atoms with van der Waals surface area (Å²) in [6.45, 7) is 0.984. The summed E-state index contributed by atoms with van der Waals surface area (Å²) in [5.41, 5.74) is 5.28. The molecule has 0 unspecified atom stereocenters. The van der Waals surface area contributed by atoms with Crippen molar-refractivity contribution in [3.8, 4) is 5.75 Å². The summed E-state index contributed by atoms with van der Waals surface area (Å²) < 4.78 is 7.19. The van der Waals surface area contributed by atoms with E-state index in [9.17, 15) is 9.59 Å². The van der Waals surface area contributed by atoms with Crippen molar-refractivity contribution in [2.24, 2.45) is 5.73 Å². The molecule has 2 aromatic carbocycles. The van der Waals surface area contributed by atoms with Crippen molar-refractivity contribution in [1.82, 2.24) is 19.9 Å². The molecule has 0 aliphatic carbocycles. The van der Waals surface area contributed by atoms with Crippen LogP contribution in [0.4, 0.5) is 0 Å². The predicted molar refractivity (Wildman–Crippen MR) is 93.6 cm³/mol. The lowest BCUT2D eigenvalue weighted by atomic mass is 10.1. The molecule has 1 fully saturated rings. The van der Waals surface area contributed by atoms with Crippen molar-refractivity contribution in [1.29, 1.82) is 0 Å². The molecule has 0 saturated carbocycles. The Morgan fingerprint density at radius 1 is 1.15 bits per heavy atom. The topological polar surface area (TPSA) is 103 Å². The molecular weight excluding hydrogens is 334 g/mol. The fourth-order valence-corrected chi connectivity index (χ4v) is 2.89. The summed E-state index contributed by atoms with van der Waals surface area (Å²) in [6.07, 6.45) is 1.50. The highest BCUT2D eigenvalue weighted by molar-refractivity contribution is 5.90. The number of carbonyl (C=O) groups excluding carboxylic acids is 2. The van der Waals surface area contributed by atoms with Gasteiger partial charge < -0.3 is 15.4 Å². The molecular formula is C18H17N5O3. The molecule has 0 atom stereocenters. The Morgan fingerprint density at radius 3 is 2.65 bits per heavy atom. The number of fused-ring (bicyclic) bond motifs is 1. The van der Waals surface area contributed by atoms with Gasteiger partial charge in [0, 0.05) is 13.1 Å². The highest BCUT2D eigenvalue weighted by atomic mass is 16.5. The summed E-state index contributed by atoms with van der Waals surface area (Å²) in [6, 6.07) is 13.7. The molecule has 8 nitrogen and oxygen atoms in total. The number of aromatic nitrogens is 3. The zero-order chi connectivity index (χ0) is 18.1. The molecule has 0 radical (unpaired) electrons. The highest BCUT2D eigenvalue weighted by Crippen LogP contribution is 2.22. The smallest absolute Gasteiger partial charge is 0.270 e. The van der Waals surface area contributed by atoms with Crippen molar-refractivity contribution in [3.63, 3.8) is 0 Å². The van der Waals surface area contributed by atoms with Gasteiger partial charge in [0.25, 0.3) is 11.8 Å². The molecule has 1 aliphatic rings. The van der Waals surface area contributed by atoms with E-state index in [1.54, 1.807) is 9.58 Å². The molecule has 26 heavy (non-hydrogen) atoms. The van der Waals surface area contributed by atoms with Crippen LogP contribution in [-0.2, 0) is 4.79 Å². The van der Waals surface area contributed by atoms with Gasteiger partial charge in [0.1, 0.15) is 5.75 Å². The lowest BCUT2D eigenvalue weighted by Gasteiger charge is -2.38. The Morgan fingerprint density at radius 2 is 1.92 bits per heavy atom. The number of ether oxygens (including phenoxy) is 1. The van der Waals surface area contributed by atoms with Gasteiger partial charge in [-0.3, -0.25) is 9.59 Å². The number of primary amides is 1. The monoisotopic (exact) mass is 351 g/mol. The Hall–Kier alpha value is -3.42. The third-order valence-electron chi connectivity index (χ3n) is 4.44. The minimum Gasteiger partial charge on any atom is -0.484 e. The number of nitrogens with two attached hydrogens (primary N) is 1. The maximum atomic E-state index is 12.2. The van der Waals surface area contributed by atoms with Gasteiger partial charge in [-0.2, -0.15) is 0 Å². The molecule has 1 saturated heterocycles. The molecule has 3 aromatic rings. The van der Waals surface area contributed by atoms with E-state index >= 15 is 0 Å². The average Bonchev–Trinajstić information content (AvgIpc) is 3.08. The highest BCUT2D eigenvalue weighted by Gasteiger charge is 2.33. The number of nitrogens with zero attached hydrogens (tertiary/aromatic N) is 4. The van der Waals surface area contributed by atoms with E-state index in [0.29, 0.717) is 18.8 Å². The van der Waals surface area contributed by atoms with E-state index in [-0.39, 0.29) is 24.2 Å². The van der Waals surface area contributed by atoms with Crippen LogP contribution in [0.3, 0.4) is 0 Å². The second kappa shape index (κ2) is 6.47. The van der Waals surface area contributed by atoms with Crippen LogP contribution in [0, 0.1) is 0 Å². The van der Waals surface area contributed by atoms with E-state index in [1.165, 1.54) is 6.20 Å². The van der Waals surface area contributed by atoms with Crippen molar-refractivity contribution >= 4 is 22.6 Å². The SMILES string of the molecule is NC(=O)c1cn(C2CN(C(=O)COc3ccc4ccccc4c3)C2)nn1. The third-order valence-corrected chi connectivity index (χ3v) is 4.44. The van der Waals surface area contributed by atoms with E-state index in [0.717, 1.165) is 10.8 Å². The largest absolute Gasteiger partial charge is 0.484 e. The predicted octanol–water partition coefficient (Wildman–Crippen LogP) is 0.992. The first-order valence-corrected chi connectivity index (χ1v) is 8.21. The van der Waals surface area contributed by atoms with Gasteiger partial charge in [-0.1, -0.05) is 35.5 Å². The second-order valence-corrected chi connectivity index (χ2v) is 6.20. The summed E-state index contributed by atoms with van der Waals surface area (Å²) in [5.74, 6) is -0.0477. The van der Waals surface area contributed by atoms with Crippen LogP contribution in [0.2, 0.25) is 0 Å². The van der Waals surface area contributed by atoms with E-state index in [1.807, 2.05) is 42.5 Å². The van der Waals surface area contributed by atoms with Gasteiger partial charge >= 0.3 is 0 Å². The van der Waals surface area contributed by atoms with Gasteiger partial charge in [-0.15, -0.1) is 5.10 Å². The Labute approximate surface area is 149 Å². The number of carbonyl (C=O) groups is 2. The fourth-order valence-electron chi connectivity index (χ4n) is 2.89. The minimum absolute atomic E-state index is 0.000203. The van der Waals surface area contributed by atoms with Gasteiger partial charge in [-0.25, -0.2) is 4.68 Å². The molecule has 1 aromatic heterocycles. The Kier molecular flexibility index (Phi) is 4.00. The van der Waals surface area contributed by atoms with Crippen LogP contribution in [-0.4, -0.2) is 51.4 Å². The van der Waals surface area contributed by atoms with Crippen molar-refractivity contribution in [2.75, 3.05) is 19.7 Å². The minimum atomic E-state index is -0.618. The maximum Gasteiger partial charge on any atom is 0.270 e. The number of hydrogen-bond donors (Lipinski definition) is 1. The summed E-state index contributed by atoms with van der Waals surface area (Å²) >= 11 is 0. The Balaban J connectivity index is 1.31.